The molecule has 0 unspecified atom stereocenters. The number of carbonyl (C=O) groups is 2. The first-order chi connectivity index (χ1) is 12.6. The number of aliphatic hydroxyl groups excluding tert-OH is 1. The highest BCUT2D eigenvalue weighted by molar-refractivity contribution is 6.23. The third kappa shape index (κ3) is 3.22. The molecule has 0 aromatic heterocycles. The molecule has 2 aliphatic carbocycles. The van der Waals surface area contributed by atoms with E-state index in [0.717, 1.165) is 19.3 Å². The molecule has 5 heteroatoms. The molecule has 26 heavy (non-hydrogen) atoms. The van der Waals surface area contributed by atoms with E-state index in [0.29, 0.717) is 11.6 Å². The van der Waals surface area contributed by atoms with Gasteiger partial charge in [0.1, 0.15) is 11.3 Å². The van der Waals surface area contributed by atoms with E-state index in [1.807, 2.05) is 12.1 Å². The Morgan fingerprint density at radius 3 is 2.46 bits per heavy atom. The Morgan fingerprint density at radius 2 is 1.73 bits per heavy atom. The van der Waals surface area contributed by atoms with Gasteiger partial charge in [0, 0.05) is 17.6 Å². The van der Waals surface area contributed by atoms with E-state index in [9.17, 15) is 14.7 Å². The molecule has 3 N–H and O–H groups in total. The van der Waals surface area contributed by atoms with Crippen LogP contribution < -0.4 is 10.6 Å². The average Bonchev–Trinajstić information content (AvgIpc) is 3.12. The molecule has 3 aliphatic rings. The summed E-state index contributed by atoms with van der Waals surface area (Å²) in [6.07, 6.45) is 8.98. The van der Waals surface area contributed by atoms with Crippen LogP contribution in [0.4, 0.5) is 5.69 Å². The van der Waals surface area contributed by atoms with Crippen molar-refractivity contribution in [2.45, 2.75) is 63.3 Å². The number of carbonyl (C=O) groups excluding carboxylic acids is 2. The highest BCUT2D eigenvalue weighted by Crippen LogP contribution is 2.36. The zero-order chi connectivity index (χ0) is 18.1. The van der Waals surface area contributed by atoms with Crippen LogP contribution in [0.15, 0.2) is 35.6 Å². The fourth-order valence-corrected chi connectivity index (χ4v) is 4.69. The number of hydrogen-bond donors (Lipinski definition) is 3. The Kier molecular flexibility index (Phi) is 4.70. The maximum absolute atomic E-state index is 12.6. The fourth-order valence-electron chi connectivity index (χ4n) is 4.69. The summed E-state index contributed by atoms with van der Waals surface area (Å²) < 4.78 is 0. The van der Waals surface area contributed by atoms with E-state index in [1.54, 1.807) is 0 Å². The van der Waals surface area contributed by atoms with Crippen LogP contribution in [0.1, 0.15) is 62.8 Å². The Morgan fingerprint density at radius 1 is 1.00 bits per heavy atom. The van der Waals surface area contributed by atoms with Gasteiger partial charge < -0.3 is 15.7 Å². The smallest absolute Gasteiger partial charge is 0.264 e. The first-order valence-electron chi connectivity index (χ1n) is 9.79. The summed E-state index contributed by atoms with van der Waals surface area (Å²) in [5.41, 5.74) is 1.83. The standard InChI is InChI=1S/C21H26N2O3/c24-19-16-7-4-8-17(16)23-21(26)18(19)20(25)22-15-11-9-14(10-12-15)13-5-2-1-3-6-13/h9-13,16-17,24H,1-8H2,(H,22,25)(H,23,26)/t16-,17+/m1/s1. The summed E-state index contributed by atoms with van der Waals surface area (Å²) in [6.45, 7) is 0. The number of hydrogen-bond acceptors (Lipinski definition) is 3. The van der Waals surface area contributed by atoms with Crippen molar-refractivity contribution in [1.82, 2.24) is 5.32 Å². The molecule has 0 spiro atoms. The van der Waals surface area contributed by atoms with Crippen molar-refractivity contribution in [1.29, 1.82) is 0 Å². The molecule has 4 rings (SSSR count). The minimum Gasteiger partial charge on any atom is -0.511 e. The van der Waals surface area contributed by atoms with Gasteiger partial charge in [-0.3, -0.25) is 9.59 Å². The number of aliphatic hydroxyl groups is 1. The molecule has 2 amide bonds. The van der Waals surface area contributed by atoms with E-state index in [1.165, 1.54) is 37.7 Å². The lowest BCUT2D eigenvalue weighted by Crippen LogP contribution is -2.46. The summed E-state index contributed by atoms with van der Waals surface area (Å²) in [6, 6.07) is 7.87. The molecule has 138 valence electrons. The van der Waals surface area contributed by atoms with Gasteiger partial charge in [0.05, 0.1) is 0 Å². The lowest BCUT2D eigenvalue weighted by atomic mass is 9.84. The van der Waals surface area contributed by atoms with Crippen LogP contribution in [0.5, 0.6) is 0 Å². The highest BCUT2D eigenvalue weighted by atomic mass is 16.3. The summed E-state index contributed by atoms with van der Waals surface area (Å²) >= 11 is 0. The number of fused-ring (bicyclic) bond motifs is 1. The molecule has 5 nitrogen and oxygen atoms in total. The monoisotopic (exact) mass is 354 g/mol. The van der Waals surface area contributed by atoms with E-state index < -0.39 is 11.8 Å². The molecule has 2 saturated carbocycles. The fraction of sp³-hybridized carbons (Fsp3) is 0.524. The first kappa shape index (κ1) is 17.1. The predicted molar refractivity (Wildman–Crippen MR) is 99.8 cm³/mol. The van der Waals surface area contributed by atoms with E-state index in [-0.39, 0.29) is 23.3 Å². The van der Waals surface area contributed by atoms with Crippen molar-refractivity contribution in [2.24, 2.45) is 5.92 Å². The van der Waals surface area contributed by atoms with Gasteiger partial charge in [0.25, 0.3) is 11.8 Å². The Hall–Kier alpha value is -2.30. The molecule has 2 fully saturated rings. The predicted octanol–water partition coefficient (Wildman–Crippen LogP) is 3.78. The Balaban J connectivity index is 1.47. The molecule has 1 aromatic rings. The number of rotatable bonds is 3. The average molecular weight is 354 g/mol. The second-order valence-electron chi connectivity index (χ2n) is 7.79. The zero-order valence-electron chi connectivity index (χ0n) is 15.0. The van der Waals surface area contributed by atoms with Gasteiger partial charge in [-0.15, -0.1) is 0 Å². The quantitative estimate of drug-likeness (QED) is 0.723. The zero-order valence-corrected chi connectivity index (χ0v) is 15.0. The van der Waals surface area contributed by atoms with Crippen molar-refractivity contribution in [3.63, 3.8) is 0 Å². The molecular formula is C21H26N2O3. The van der Waals surface area contributed by atoms with E-state index in [2.05, 4.69) is 22.8 Å². The molecule has 1 heterocycles. The van der Waals surface area contributed by atoms with Gasteiger partial charge in [0.15, 0.2) is 0 Å². The normalized spacial score (nSPS) is 26.4. The van der Waals surface area contributed by atoms with Crippen LogP contribution in [0.3, 0.4) is 0 Å². The van der Waals surface area contributed by atoms with Crippen LogP contribution in [0, 0.1) is 5.92 Å². The first-order valence-corrected chi connectivity index (χ1v) is 9.79. The summed E-state index contributed by atoms with van der Waals surface area (Å²) in [5.74, 6) is -0.559. The molecule has 1 aromatic carbocycles. The molecular weight excluding hydrogens is 328 g/mol. The van der Waals surface area contributed by atoms with Gasteiger partial charge in [-0.05, 0) is 49.3 Å². The van der Waals surface area contributed by atoms with Crippen LogP contribution >= 0.6 is 0 Å². The lowest BCUT2D eigenvalue weighted by molar-refractivity contribution is -0.123. The second-order valence-corrected chi connectivity index (χ2v) is 7.79. The van der Waals surface area contributed by atoms with Gasteiger partial charge in [-0.2, -0.15) is 0 Å². The maximum Gasteiger partial charge on any atom is 0.264 e. The molecule has 0 bridgehead atoms. The molecule has 0 saturated heterocycles. The van der Waals surface area contributed by atoms with Crippen molar-refractivity contribution in [2.75, 3.05) is 5.32 Å². The Labute approximate surface area is 153 Å². The van der Waals surface area contributed by atoms with E-state index in [4.69, 9.17) is 0 Å². The third-order valence-corrected chi connectivity index (χ3v) is 6.14. The number of nitrogens with one attached hydrogen (secondary N) is 2. The van der Waals surface area contributed by atoms with Gasteiger partial charge in [-0.25, -0.2) is 0 Å². The minimum atomic E-state index is -0.532. The summed E-state index contributed by atoms with van der Waals surface area (Å²) in [4.78, 5) is 24.8. The van der Waals surface area contributed by atoms with Gasteiger partial charge in [0.2, 0.25) is 0 Å². The van der Waals surface area contributed by atoms with Gasteiger partial charge in [-0.1, -0.05) is 37.8 Å². The SMILES string of the molecule is O=C(Nc1ccc(C2CCCCC2)cc1)C1=C(O)[C@@H]2CCC[C@@H]2NC1=O. The Bertz CT molecular complexity index is 732. The number of amides is 2. The maximum atomic E-state index is 12.6. The van der Waals surface area contributed by atoms with Crippen molar-refractivity contribution in [3.8, 4) is 0 Å². The van der Waals surface area contributed by atoms with Crippen molar-refractivity contribution in [3.05, 3.63) is 41.2 Å². The summed E-state index contributed by atoms with van der Waals surface area (Å²) in [7, 11) is 0. The highest BCUT2D eigenvalue weighted by Gasteiger charge is 2.41. The third-order valence-electron chi connectivity index (χ3n) is 6.14. The summed E-state index contributed by atoms with van der Waals surface area (Å²) in [5, 5.41) is 16.1. The molecule has 1 aliphatic heterocycles. The van der Waals surface area contributed by atoms with Crippen LogP contribution in [0.2, 0.25) is 0 Å². The van der Waals surface area contributed by atoms with Crippen molar-refractivity contribution < 1.29 is 14.7 Å². The number of benzene rings is 1. The van der Waals surface area contributed by atoms with Crippen LogP contribution in [-0.4, -0.2) is 23.0 Å². The second kappa shape index (κ2) is 7.14. The topological polar surface area (TPSA) is 78.4 Å². The lowest BCUT2D eigenvalue weighted by Gasteiger charge is -2.27. The number of anilines is 1. The van der Waals surface area contributed by atoms with Crippen LogP contribution in [-0.2, 0) is 9.59 Å². The largest absolute Gasteiger partial charge is 0.511 e. The molecule has 0 radical (unpaired) electrons. The van der Waals surface area contributed by atoms with Gasteiger partial charge >= 0.3 is 0 Å². The van der Waals surface area contributed by atoms with Crippen LogP contribution in [0.25, 0.3) is 0 Å². The van der Waals surface area contributed by atoms with E-state index >= 15 is 0 Å². The minimum absolute atomic E-state index is 0.0335. The van der Waals surface area contributed by atoms with Crippen molar-refractivity contribution >= 4 is 17.5 Å². The molecule has 2 atom stereocenters.